The molecule has 1 aliphatic carbocycles. The number of hydrogen-bond donors (Lipinski definition) is 0. The molecule has 0 heterocycles. The maximum atomic E-state index is 11.4. The third-order valence-electron chi connectivity index (χ3n) is 2.30. The number of ketones is 2. The summed E-state index contributed by atoms with van der Waals surface area (Å²) in [5.41, 5.74) is 0. The molecule has 0 aromatic carbocycles. The lowest BCUT2D eigenvalue weighted by molar-refractivity contribution is -0.131. The van der Waals surface area contributed by atoms with Crippen molar-refractivity contribution in [2.24, 2.45) is 11.8 Å². The van der Waals surface area contributed by atoms with Gasteiger partial charge in [-0.25, -0.2) is 0 Å². The van der Waals surface area contributed by atoms with Gasteiger partial charge < -0.3 is 0 Å². The van der Waals surface area contributed by atoms with Crippen molar-refractivity contribution in [2.75, 3.05) is 0 Å². The lowest BCUT2D eigenvalue weighted by atomic mass is 9.94. The van der Waals surface area contributed by atoms with Crippen molar-refractivity contribution in [1.29, 1.82) is 0 Å². The fraction of sp³-hybridized carbons (Fsp3) is 0.800. The molecule has 1 fully saturated rings. The summed E-state index contributed by atoms with van der Waals surface area (Å²) in [6.45, 7) is 4.02. The van der Waals surface area contributed by atoms with Gasteiger partial charge in [0.25, 0.3) is 0 Å². The number of rotatable bonds is 3. The first-order chi connectivity index (χ1) is 5.61. The molecule has 0 bridgehead atoms. The molecular formula is C10H16O2. The molecule has 1 unspecified atom stereocenters. The molecule has 12 heavy (non-hydrogen) atoms. The second kappa shape index (κ2) is 3.83. The van der Waals surface area contributed by atoms with Gasteiger partial charge in [-0.15, -0.1) is 0 Å². The minimum absolute atomic E-state index is 0.160. The van der Waals surface area contributed by atoms with E-state index in [2.05, 4.69) is 0 Å². The molecule has 0 saturated heterocycles. The quantitative estimate of drug-likeness (QED) is 0.604. The highest BCUT2D eigenvalue weighted by atomic mass is 16.2. The van der Waals surface area contributed by atoms with Crippen LogP contribution in [0, 0.1) is 11.8 Å². The minimum atomic E-state index is -0.243. The van der Waals surface area contributed by atoms with E-state index in [-0.39, 0.29) is 17.5 Å². The van der Waals surface area contributed by atoms with E-state index in [0.29, 0.717) is 18.8 Å². The minimum Gasteiger partial charge on any atom is -0.299 e. The Kier molecular flexibility index (Phi) is 3.01. The molecule has 1 rings (SSSR count). The van der Waals surface area contributed by atoms with Gasteiger partial charge >= 0.3 is 0 Å². The molecular weight excluding hydrogens is 152 g/mol. The van der Waals surface area contributed by atoms with Crippen LogP contribution in [0.2, 0.25) is 0 Å². The average Bonchev–Trinajstić information content (AvgIpc) is 2.33. The van der Waals surface area contributed by atoms with Crippen LogP contribution < -0.4 is 0 Å². The largest absolute Gasteiger partial charge is 0.299 e. The molecule has 0 spiro atoms. The molecule has 2 heteroatoms. The van der Waals surface area contributed by atoms with Crippen LogP contribution in [0.4, 0.5) is 0 Å². The first kappa shape index (κ1) is 9.43. The van der Waals surface area contributed by atoms with Crippen LogP contribution in [0.3, 0.4) is 0 Å². The van der Waals surface area contributed by atoms with Gasteiger partial charge in [0.2, 0.25) is 0 Å². The SMILES string of the molecule is CC(C)CC(=O)C1CCCC1=O. The van der Waals surface area contributed by atoms with Crippen molar-refractivity contribution in [3.8, 4) is 0 Å². The Morgan fingerprint density at radius 3 is 2.67 bits per heavy atom. The van der Waals surface area contributed by atoms with E-state index in [0.717, 1.165) is 12.8 Å². The fourth-order valence-electron chi connectivity index (χ4n) is 1.70. The Hall–Kier alpha value is -0.660. The highest BCUT2D eigenvalue weighted by molar-refractivity contribution is 6.03. The monoisotopic (exact) mass is 168 g/mol. The predicted octanol–water partition coefficient (Wildman–Crippen LogP) is 1.97. The topological polar surface area (TPSA) is 34.1 Å². The molecule has 0 amide bonds. The molecule has 1 saturated carbocycles. The van der Waals surface area contributed by atoms with Gasteiger partial charge in [-0.2, -0.15) is 0 Å². The van der Waals surface area contributed by atoms with E-state index in [1.807, 2.05) is 13.8 Å². The van der Waals surface area contributed by atoms with E-state index in [9.17, 15) is 9.59 Å². The zero-order chi connectivity index (χ0) is 9.14. The predicted molar refractivity (Wildman–Crippen MR) is 46.8 cm³/mol. The van der Waals surface area contributed by atoms with Crippen molar-refractivity contribution >= 4 is 11.6 Å². The standard InChI is InChI=1S/C10H16O2/c1-7(2)6-10(12)8-4-3-5-9(8)11/h7-8H,3-6H2,1-2H3. The van der Waals surface area contributed by atoms with Gasteiger partial charge in [0.1, 0.15) is 11.6 Å². The zero-order valence-electron chi connectivity index (χ0n) is 7.80. The molecule has 1 atom stereocenters. The molecule has 68 valence electrons. The zero-order valence-corrected chi connectivity index (χ0v) is 7.80. The van der Waals surface area contributed by atoms with E-state index < -0.39 is 0 Å². The fourth-order valence-corrected chi connectivity index (χ4v) is 1.70. The van der Waals surface area contributed by atoms with Crippen LogP contribution in [-0.2, 0) is 9.59 Å². The Bertz CT molecular complexity index is 194. The molecule has 0 N–H and O–H groups in total. The van der Waals surface area contributed by atoms with Crippen molar-refractivity contribution in [3.63, 3.8) is 0 Å². The maximum absolute atomic E-state index is 11.4. The number of carbonyl (C=O) groups excluding carboxylic acids is 2. The maximum Gasteiger partial charge on any atom is 0.143 e. The van der Waals surface area contributed by atoms with Gasteiger partial charge in [-0.05, 0) is 18.8 Å². The average molecular weight is 168 g/mol. The summed E-state index contributed by atoms with van der Waals surface area (Å²) in [6.07, 6.45) is 2.89. The lowest BCUT2D eigenvalue weighted by Gasteiger charge is -2.08. The third kappa shape index (κ3) is 2.16. The molecule has 0 aromatic heterocycles. The van der Waals surface area contributed by atoms with Crippen LogP contribution in [0.15, 0.2) is 0 Å². The van der Waals surface area contributed by atoms with E-state index in [1.165, 1.54) is 0 Å². The Morgan fingerprint density at radius 1 is 1.58 bits per heavy atom. The highest BCUT2D eigenvalue weighted by Crippen LogP contribution is 2.24. The number of carbonyl (C=O) groups is 2. The summed E-state index contributed by atoms with van der Waals surface area (Å²) >= 11 is 0. The number of hydrogen-bond acceptors (Lipinski definition) is 2. The van der Waals surface area contributed by atoms with Crippen LogP contribution in [-0.4, -0.2) is 11.6 Å². The molecule has 0 radical (unpaired) electrons. The van der Waals surface area contributed by atoms with Gasteiger partial charge in [0.05, 0.1) is 5.92 Å². The number of Topliss-reactive ketones (excluding diaryl/α,β-unsaturated/α-hetero) is 2. The Balaban J connectivity index is 2.46. The molecule has 0 aliphatic heterocycles. The second-order valence-corrected chi connectivity index (χ2v) is 3.98. The summed E-state index contributed by atoms with van der Waals surface area (Å²) in [7, 11) is 0. The van der Waals surface area contributed by atoms with E-state index in [4.69, 9.17) is 0 Å². The smallest absolute Gasteiger partial charge is 0.143 e. The Morgan fingerprint density at radius 2 is 2.25 bits per heavy atom. The van der Waals surface area contributed by atoms with Crippen LogP contribution >= 0.6 is 0 Å². The summed E-state index contributed by atoms with van der Waals surface area (Å²) in [4.78, 5) is 22.6. The normalized spacial score (nSPS) is 23.6. The van der Waals surface area contributed by atoms with Crippen molar-refractivity contribution in [3.05, 3.63) is 0 Å². The highest BCUT2D eigenvalue weighted by Gasteiger charge is 2.30. The summed E-state index contributed by atoms with van der Waals surface area (Å²) in [5.74, 6) is 0.464. The lowest BCUT2D eigenvalue weighted by Crippen LogP contribution is -2.19. The second-order valence-electron chi connectivity index (χ2n) is 3.98. The van der Waals surface area contributed by atoms with Crippen LogP contribution in [0.1, 0.15) is 39.5 Å². The van der Waals surface area contributed by atoms with Crippen LogP contribution in [0.5, 0.6) is 0 Å². The van der Waals surface area contributed by atoms with Gasteiger partial charge in [-0.1, -0.05) is 13.8 Å². The summed E-state index contributed by atoms with van der Waals surface area (Å²) in [5, 5.41) is 0. The van der Waals surface area contributed by atoms with Crippen LogP contribution in [0.25, 0.3) is 0 Å². The van der Waals surface area contributed by atoms with E-state index in [1.54, 1.807) is 0 Å². The third-order valence-corrected chi connectivity index (χ3v) is 2.30. The van der Waals surface area contributed by atoms with Crippen molar-refractivity contribution in [2.45, 2.75) is 39.5 Å². The van der Waals surface area contributed by atoms with Gasteiger partial charge in [0.15, 0.2) is 0 Å². The van der Waals surface area contributed by atoms with Gasteiger partial charge in [0, 0.05) is 12.8 Å². The molecule has 0 aromatic rings. The Labute approximate surface area is 73.3 Å². The first-order valence-electron chi connectivity index (χ1n) is 4.66. The molecule has 2 nitrogen and oxygen atoms in total. The molecule has 1 aliphatic rings. The van der Waals surface area contributed by atoms with Crippen molar-refractivity contribution < 1.29 is 9.59 Å². The van der Waals surface area contributed by atoms with E-state index >= 15 is 0 Å². The summed E-state index contributed by atoms with van der Waals surface area (Å²) in [6, 6.07) is 0. The van der Waals surface area contributed by atoms with Gasteiger partial charge in [-0.3, -0.25) is 9.59 Å². The first-order valence-corrected chi connectivity index (χ1v) is 4.66. The summed E-state index contributed by atoms with van der Waals surface area (Å²) < 4.78 is 0. The van der Waals surface area contributed by atoms with Crippen molar-refractivity contribution in [1.82, 2.24) is 0 Å².